The van der Waals surface area contributed by atoms with E-state index in [2.05, 4.69) is 27.2 Å². The molecule has 0 bridgehead atoms. The maximum atomic E-state index is 11.6. The first-order valence-corrected chi connectivity index (χ1v) is 6.25. The summed E-state index contributed by atoms with van der Waals surface area (Å²) >= 11 is 0. The molecule has 1 atom stereocenters. The Labute approximate surface area is 100 Å². The number of aromatic amines is 1. The molecule has 3 rings (SSSR count). The molecule has 0 aliphatic carbocycles. The van der Waals surface area contributed by atoms with Crippen molar-refractivity contribution in [3.05, 3.63) is 27.4 Å². The molecule has 1 unspecified atom stereocenters. The molecule has 3 heterocycles. The van der Waals surface area contributed by atoms with Crippen LogP contribution in [0.3, 0.4) is 0 Å². The van der Waals surface area contributed by atoms with Crippen LogP contribution in [0.25, 0.3) is 0 Å². The van der Waals surface area contributed by atoms with Gasteiger partial charge in [0, 0.05) is 43.2 Å². The lowest BCUT2D eigenvalue weighted by Gasteiger charge is -2.21. The van der Waals surface area contributed by atoms with Crippen molar-refractivity contribution in [3.63, 3.8) is 0 Å². The number of nitrogens with zero attached hydrogens (tertiary/aromatic N) is 2. The fraction of sp³-hybridized carbons (Fsp3) is 0.667. The van der Waals surface area contributed by atoms with Crippen LogP contribution in [0.1, 0.15) is 29.3 Å². The Hall–Kier alpha value is -1.20. The molecule has 2 aliphatic rings. The molecule has 5 heteroatoms. The van der Waals surface area contributed by atoms with E-state index < -0.39 is 0 Å². The summed E-state index contributed by atoms with van der Waals surface area (Å²) in [5, 5.41) is 3.36. The molecule has 5 nitrogen and oxygen atoms in total. The van der Waals surface area contributed by atoms with Crippen LogP contribution in [-0.4, -0.2) is 41.5 Å². The van der Waals surface area contributed by atoms with Crippen LogP contribution in [0, 0.1) is 0 Å². The second-order valence-corrected chi connectivity index (χ2v) is 5.06. The third-order valence-electron chi connectivity index (χ3n) is 3.78. The van der Waals surface area contributed by atoms with Crippen molar-refractivity contribution in [3.8, 4) is 0 Å². The van der Waals surface area contributed by atoms with Gasteiger partial charge in [0.25, 0.3) is 0 Å². The average Bonchev–Trinajstić information content (AvgIpc) is 2.74. The minimum Gasteiger partial charge on any atom is -0.312 e. The van der Waals surface area contributed by atoms with Crippen LogP contribution in [0.15, 0.2) is 4.79 Å². The summed E-state index contributed by atoms with van der Waals surface area (Å²) in [6.07, 6.45) is 2.02. The molecule has 17 heavy (non-hydrogen) atoms. The number of fused-ring (bicyclic) bond motifs is 1. The normalized spacial score (nSPS) is 24.9. The quantitative estimate of drug-likeness (QED) is 0.708. The first-order chi connectivity index (χ1) is 8.24. The molecule has 0 radical (unpaired) electrons. The summed E-state index contributed by atoms with van der Waals surface area (Å²) < 4.78 is 0. The van der Waals surface area contributed by atoms with Gasteiger partial charge in [0.2, 0.25) is 0 Å². The molecule has 0 saturated carbocycles. The first kappa shape index (κ1) is 10.9. The van der Waals surface area contributed by atoms with Crippen LogP contribution < -0.4 is 11.0 Å². The molecule has 1 fully saturated rings. The molecular weight excluding hydrogens is 216 g/mol. The van der Waals surface area contributed by atoms with E-state index in [1.165, 1.54) is 5.56 Å². The van der Waals surface area contributed by atoms with Gasteiger partial charge >= 0.3 is 5.69 Å². The average molecular weight is 234 g/mol. The van der Waals surface area contributed by atoms with Crippen LogP contribution >= 0.6 is 0 Å². The zero-order chi connectivity index (χ0) is 11.8. The van der Waals surface area contributed by atoms with E-state index in [9.17, 15) is 4.79 Å². The summed E-state index contributed by atoms with van der Waals surface area (Å²) in [4.78, 5) is 21.0. The number of likely N-dealkylation sites (N-methyl/N-ethyl adjacent to an activating group) is 1. The fourth-order valence-corrected chi connectivity index (χ4v) is 2.90. The van der Waals surface area contributed by atoms with E-state index in [4.69, 9.17) is 0 Å². The lowest BCUT2D eigenvalue weighted by molar-refractivity contribution is 0.410. The Bertz CT molecular complexity index is 482. The van der Waals surface area contributed by atoms with E-state index >= 15 is 0 Å². The maximum absolute atomic E-state index is 11.6. The second-order valence-electron chi connectivity index (χ2n) is 5.06. The third kappa shape index (κ3) is 2.00. The smallest absolute Gasteiger partial charge is 0.312 e. The van der Waals surface area contributed by atoms with Crippen molar-refractivity contribution >= 4 is 0 Å². The van der Waals surface area contributed by atoms with Crippen LogP contribution in [0.5, 0.6) is 0 Å². The largest absolute Gasteiger partial charge is 0.345 e. The predicted molar refractivity (Wildman–Crippen MR) is 65.1 cm³/mol. The Morgan fingerprint density at radius 2 is 2.35 bits per heavy atom. The fourth-order valence-electron chi connectivity index (χ4n) is 2.90. The number of likely N-dealkylation sites (tertiary alicyclic amines) is 1. The van der Waals surface area contributed by atoms with E-state index in [0.29, 0.717) is 5.92 Å². The van der Waals surface area contributed by atoms with Crippen molar-refractivity contribution in [1.82, 2.24) is 20.2 Å². The molecule has 2 N–H and O–H groups in total. The van der Waals surface area contributed by atoms with Crippen molar-refractivity contribution in [2.45, 2.75) is 25.3 Å². The zero-order valence-corrected chi connectivity index (χ0v) is 10.1. The van der Waals surface area contributed by atoms with E-state index in [-0.39, 0.29) is 5.69 Å². The van der Waals surface area contributed by atoms with Crippen LogP contribution in [0.2, 0.25) is 0 Å². The third-order valence-corrected chi connectivity index (χ3v) is 3.78. The SMILES string of the molecule is CN1CCC(c2nc(=O)[nH]c3c2CNCC3)C1. The van der Waals surface area contributed by atoms with Gasteiger partial charge < -0.3 is 15.2 Å². The van der Waals surface area contributed by atoms with Gasteiger partial charge in [0.15, 0.2) is 0 Å². The Balaban J connectivity index is 2.03. The lowest BCUT2D eigenvalue weighted by Crippen LogP contribution is -2.31. The van der Waals surface area contributed by atoms with Gasteiger partial charge in [-0.05, 0) is 20.0 Å². The van der Waals surface area contributed by atoms with Gasteiger partial charge in [-0.1, -0.05) is 0 Å². The monoisotopic (exact) mass is 234 g/mol. The minimum absolute atomic E-state index is 0.185. The number of nitrogens with one attached hydrogen (secondary N) is 2. The Morgan fingerprint density at radius 3 is 3.12 bits per heavy atom. The van der Waals surface area contributed by atoms with Crippen LogP contribution in [0.4, 0.5) is 0 Å². The lowest BCUT2D eigenvalue weighted by atomic mass is 9.96. The first-order valence-electron chi connectivity index (χ1n) is 6.25. The van der Waals surface area contributed by atoms with Crippen molar-refractivity contribution in [2.24, 2.45) is 0 Å². The number of aromatic nitrogens is 2. The minimum atomic E-state index is -0.185. The molecule has 1 saturated heterocycles. The highest BCUT2D eigenvalue weighted by atomic mass is 16.1. The maximum Gasteiger partial charge on any atom is 0.345 e. The highest BCUT2D eigenvalue weighted by Crippen LogP contribution is 2.28. The summed E-state index contributed by atoms with van der Waals surface area (Å²) in [6, 6.07) is 0. The highest BCUT2D eigenvalue weighted by Gasteiger charge is 2.27. The molecule has 1 aromatic rings. The predicted octanol–water partition coefficient (Wildman–Crippen LogP) is -0.165. The van der Waals surface area contributed by atoms with E-state index in [0.717, 1.165) is 50.4 Å². The van der Waals surface area contributed by atoms with E-state index in [1.807, 2.05) is 0 Å². The summed E-state index contributed by atoms with van der Waals surface area (Å²) in [6.45, 7) is 3.90. The second kappa shape index (κ2) is 4.23. The van der Waals surface area contributed by atoms with Gasteiger partial charge in [0.1, 0.15) is 0 Å². The van der Waals surface area contributed by atoms with Crippen molar-refractivity contribution in [2.75, 3.05) is 26.7 Å². The summed E-state index contributed by atoms with van der Waals surface area (Å²) in [7, 11) is 2.12. The molecule has 0 amide bonds. The molecule has 2 aliphatic heterocycles. The number of hydrogen-bond acceptors (Lipinski definition) is 4. The topological polar surface area (TPSA) is 61.0 Å². The van der Waals surface area contributed by atoms with Crippen molar-refractivity contribution < 1.29 is 0 Å². The summed E-state index contributed by atoms with van der Waals surface area (Å²) in [5.41, 5.74) is 3.17. The number of rotatable bonds is 1. The van der Waals surface area contributed by atoms with E-state index in [1.54, 1.807) is 0 Å². The molecule has 0 spiro atoms. The number of H-pyrrole nitrogens is 1. The Kier molecular flexibility index (Phi) is 2.72. The standard InChI is InChI=1S/C12H18N4O/c1-16-5-3-8(7-16)11-9-6-13-4-2-10(9)14-12(17)15-11/h8,13H,2-7H2,1H3,(H,14,15,17). The zero-order valence-electron chi connectivity index (χ0n) is 10.1. The van der Waals surface area contributed by atoms with Gasteiger partial charge in [-0.3, -0.25) is 0 Å². The van der Waals surface area contributed by atoms with Gasteiger partial charge in [-0.25, -0.2) is 4.79 Å². The van der Waals surface area contributed by atoms with Gasteiger partial charge in [-0.2, -0.15) is 4.98 Å². The van der Waals surface area contributed by atoms with Crippen LogP contribution in [-0.2, 0) is 13.0 Å². The van der Waals surface area contributed by atoms with Crippen molar-refractivity contribution in [1.29, 1.82) is 0 Å². The molecule has 0 aromatic carbocycles. The van der Waals surface area contributed by atoms with Gasteiger partial charge in [0.05, 0.1) is 5.69 Å². The highest BCUT2D eigenvalue weighted by molar-refractivity contribution is 5.30. The summed E-state index contributed by atoms with van der Waals surface area (Å²) in [5.74, 6) is 0.427. The number of hydrogen-bond donors (Lipinski definition) is 2. The molecule has 1 aromatic heterocycles. The Morgan fingerprint density at radius 1 is 1.47 bits per heavy atom. The molecule has 92 valence electrons. The van der Waals surface area contributed by atoms with Gasteiger partial charge in [-0.15, -0.1) is 0 Å². The molecular formula is C12H18N4O.